The Morgan fingerprint density at radius 2 is 1.69 bits per heavy atom. The van der Waals surface area contributed by atoms with Crippen LogP contribution in [0.5, 0.6) is 0 Å². The van der Waals surface area contributed by atoms with Crippen molar-refractivity contribution in [3.63, 3.8) is 0 Å². The molecule has 5 nitrogen and oxygen atoms in total. The summed E-state index contributed by atoms with van der Waals surface area (Å²) in [5.41, 5.74) is 1.29. The van der Waals surface area contributed by atoms with E-state index in [2.05, 4.69) is 39.4 Å². The number of carbonyl (C=O) groups excluding carboxylic acids is 2. The zero-order valence-corrected chi connectivity index (χ0v) is 17.5. The molecule has 2 amide bonds. The van der Waals surface area contributed by atoms with Gasteiger partial charge in [0.15, 0.2) is 0 Å². The molecule has 1 N–H and O–H groups in total. The van der Waals surface area contributed by atoms with Gasteiger partial charge in [0, 0.05) is 32.1 Å². The molecule has 3 fully saturated rings. The van der Waals surface area contributed by atoms with Gasteiger partial charge in [0.1, 0.15) is 0 Å². The minimum absolute atomic E-state index is 0.0322. The van der Waals surface area contributed by atoms with Crippen LogP contribution in [-0.4, -0.2) is 53.3 Å². The highest BCUT2D eigenvalue weighted by Gasteiger charge is 2.33. The van der Waals surface area contributed by atoms with Crippen LogP contribution < -0.4 is 5.32 Å². The molecule has 5 heteroatoms. The molecule has 4 rings (SSSR count). The number of hydrogen-bond donors (Lipinski definition) is 1. The minimum Gasteiger partial charge on any atom is -0.353 e. The molecule has 0 radical (unpaired) electrons. The largest absolute Gasteiger partial charge is 0.353 e. The smallest absolute Gasteiger partial charge is 0.239 e. The van der Waals surface area contributed by atoms with Crippen LogP contribution in [0.25, 0.3) is 0 Å². The van der Waals surface area contributed by atoms with Crippen molar-refractivity contribution in [3.05, 3.63) is 35.9 Å². The van der Waals surface area contributed by atoms with Gasteiger partial charge in [-0.25, -0.2) is 0 Å². The summed E-state index contributed by atoms with van der Waals surface area (Å²) in [6, 6.07) is 11.0. The van der Waals surface area contributed by atoms with Gasteiger partial charge in [0.2, 0.25) is 11.8 Å². The summed E-state index contributed by atoms with van der Waals surface area (Å²) >= 11 is 0. The fraction of sp³-hybridized carbons (Fsp3) is 0.667. The summed E-state index contributed by atoms with van der Waals surface area (Å²) < 4.78 is 0. The third kappa shape index (κ3) is 5.81. The van der Waals surface area contributed by atoms with Gasteiger partial charge in [-0.3, -0.25) is 14.5 Å². The summed E-state index contributed by atoms with van der Waals surface area (Å²) in [6.45, 7) is 3.58. The Hall–Kier alpha value is -1.88. The molecule has 1 aromatic rings. The SMILES string of the molecule is O=C(CCC1CCN(C(=O)C2CCCCN2Cc2ccccc2)CC1)NC1CC1. The second-order valence-electron chi connectivity index (χ2n) is 9.12. The summed E-state index contributed by atoms with van der Waals surface area (Å²) in [5, 5.41) is 3.08. The second kappa shape index (κ2) is 9.75. The lowest BCUT2D eigenvalue weighted by atomic mass is 9.91. The Bertz CT molecular complexity index is 681. The Morgan fingerprint density at radius 3 is 2.41 bits per heavy atom. The van der Waals surface area contributed by atoms with Crippen LogP contribution in [0.3, 0.4) is 0 Å². The van der Waals surface area contributed by atoms with Crippen LogP contribution >= 0.6 is 0 Å². The topological polar surface area (TPSA) is 52.7 Å². The first-order valence-electron chi connectivity index (χ1n) is 11.5. The maximum absolute atomic E-state index is 13.3. The van der Waals surface area contributed by atoms with Crippen molar-refractivity contribution in [2.24, 2.45) is 5.92 Å². The molecule has 0 bridgehead atoms. The Labute approximate surface area is 174 Å². The molecule has 158 valence electrons. The van der Waals surface area contributed by atoms with E-state index in [9.17, 15) is 9.59 Å². The minimum atomic E-state index is 0.0322. The monoisotopic (exact) mass is 397 g/mol. The average molecular weight is 398 g/mol. The number of nitrogens with zero attached hydrogens (tertiary/aromatic N) is 2. The van der Waals surface area contributed by atoms with Crippen molar-refractivity contribution >= 4 is 11.8 Å². The molecule has 1 saturated carbocycles. The number of piperidine rings is 2. The molecule has 1 aliphatic carbocycles. The maximum atomic E-state index is 13.3. The first-order valence-corrected chi connectivity index (χ1v) is 11.5. The lowest BCUT2D eigenvalue weighted by molar-refractivity contribution is -0.140. The molecule has 2 heterocycles. The molecule has 1 aromatic carbocycles. The quantitative estimate of drug-likeness (QED) is 0.768. The number of likely N-dealkylation sites (tertiary alicyclic amines) is 2. The first kappa shape index (κ1) is 20.4. The first-order chi connectivity index (χ1) is 14.2. The number of benzene rings is 1. The molecule has 1 unspecified atom stereocenters. The van der Waals surface area contributed by atoms with Gasteiger partial charge in [-0.2, -0.15) is 0 Å². The number of amides is 2. The van der Waals surface area contributed by atoms with Crippen LogP contribution in [-0.2, 0) is 16.1 Å². The molecule has 29 heavy (non-hydrogen) atoms. The van der Waals surface area contributed by atoms with E-state index in [0.717, 1.165) is 71.1 Å². The predicted octanol–water partition coefficient (Wildman–Crippen LogP) is 3.34. The zero-order chi connectivity index (χ0) is 20.1. The van der Waals surface area contributed by atoms with Gasteiger partial charge < -0.3 is 10.2 Å². The average Bonchev–Trinajstić information content (AvgIpc) is 3.57. The van der Waals surface area contributed by atoms with Crippen LogP contribution in [0.4, 0.5) is 0 Å². The van der Waals surface area contributed by atoms with E-state index < -0.39 is 0 Å². The van der Waals surface area contributed by atoms with E-state index in [-0.39, 0.29) is 11.9 Å². The highest BCUT2D eigenvalue weighted by Crippen LogP contribution is 2.26. The molecule has 2 aliphatic heterocycles. The van der Waals surface area contributed by atoms with Crippen LogP contribution in [0, 0.1) is 5.92 Å². The summed E-state index contributed by atoms with van der Waals surface area (Å²) in [4.78, 5) is 29.7. The van der Waals surface area contributed by atoms with E-state index >= 15 is 0 Å². The lowest BCUT2D eigenvalue weighted by Crippen LogP contribution is -2.52. The van der Waals surface area contributed by atoms with E-state index in [1.54, 1.807) is 0 Å². The van der Waals surface area contributed by atoms with Crippen molar-refractivity contribution in [3.8, 4) is 0 Å². The number of hydrogen-bond acceptors (Lipinski definition) is 3. The lowest BCUT2D eigenvalue weighted by Gasteiger charge is -2.40. The van der Waals surface area contributed by atoms with Gasteiger partial charge in [-0.05, 0) is 63.0 Å². The van der Waals surface area contributed by atoms with E-state index in [4.69, 9.17) is 0 Å². The molecule has 3 aliphatic rings. The van der Waals surface area contributed by atoms with Gasteiger partial charge in [0.05, 0.1) is 6.04 Å². The van der Waals surface area contributed by atoms with E-state index in [1.165, 1.54) is 12.0 Å². The molecular weight excluding hydrogens is 362 g/mol. The molecule has 0 aromatic heterocycles. The van der Waals surface area contributed by atoms with Crippen molar-refractivity contribution in [2.75, 3.05) is 19.6 Å². The fourth-order valence-electron chi connectivity index (χ4n) is 4.79. The predicted molar refractivity (Wildman–Crippen MR) is 114 cm³/mol. The number of carbonyl (C=O) groups is 2. The standard InChI is InChI=1S/C24H35N3O2/c28-23(25-21-10-11-21)12-9-19-13-16-26(17-14-19)24(29)22-8-4-5-15-27(22)18-20-6-2-1-3-7-20/h1-3,6-7,19,21-22H,4-5,8-18H2,(H,25,28). The third-order valence-corrected chi connectivity index (χ3v) is 6.78. The van der Waals surface area contributed by atoms with E-state index in [0.29, 0.717) is 24.3 Å². The Balaban J connectivity index is 1.24. The third-order valence-electron chi connectivity index (χ3n) is 6.78. The molecule has 1 atom stereocenters. The van der Waals surface area contributed by atoms with Crippen molar-refractivity contribution in [1.29, 1.82) is 0 Å². The fourth-order valence-corrected chi connectivity index (χ4v) is 4.79. The van der Waals surface area contributed by atoms with Gasteiger partial charge >= 0.3 is 0 Å². The van der Waals surface area contributed by atoms with E-state index in [1.807, 2.05) is 6.07 Å². The number of rotatable bonds is 7. The van der Waals surface area contributed by atoms with Crippen molar-refractivity contribution < 1.29 is 9.59 Å². The van der Waals surface area contributed by atoms with Gasteiger partial charge in [-0.1, -0.05) is 36.8 Å². The Morgan fingerprint density at radius 1 is 0.931 bits per heavy atom. The molecule has 0 spiro atoms. The molecular formula is C24H35N3O2. The van der Waals surface area contributed by atoms with Crippen LogP contribution in [0.15, 0.2) is 30.3 Å². The normalized spacial score (nSPS) is 23.7. The second-order valence-corrected chi connectivity index (χ2v) is 9.12. The summed E-state index contributed by atoms with van der Waals surface area (Å²) in [5.74, 6) is 1.12. The number of nitrogens with one attached hydrogen (secondary N) is 1. The highest BCUT2D eigenvalue weighted by molar-refractivity contribution is 5.82. The van der Waals surface area contributed by atoms with Crippen molar-refractivity contribution in [1.82, 2.24) is 15.1 Å². The summed E-state index contributed by atoms with van der Waals surface area (Å²) in [7, 11) is 0. The van der Waals surface area contributed by atoms with Gasteiger partial charge in [0.25, 0.3) is 0 Å². The Kier molecular flexibility index (Phi) is 6.86. The van der Waals surface area contributed by atoms with Gasteiger partial charge in [-0.15, -0.1) is 0 Å². The van der Waals surface area contributed by atoms with Crippen LogP contribution in [0.1, 0.15) is 63.4 Å². The zero-order valence-electron chi connectivity index (χ0n) is 17.5. The van der Waals surface area contributed by atoms with Crippen LogP contribution in [0.2, 0.25) is 0 Å². The molecule has 2 saturated heterocycles. The van der Waals surface area contributed by atoms with Crippen molar-refractivity contribution in [2.45, 2.75) is 76.4 Å². The summed E-state index contributed by atoms with van der Waals surface area (Å²) in [6.07, 6.45) is 9.28. The maximum Gasteiger partial charge on any atom is 0.239 e. The highest BCUT2D eigenvalue weighted by atomic mass is 16.2.